The van der Waals surface area contributed by atoms with E-state index < -0.39 is 0 Å². The largest absolute Gasteiger partial charge is 0.356 e. The zero-order valence-electron chi connectivity index (χ0n) is 13.0. The standard InChI is InChI=1S/C16H26N4.HI/c1-3-20-10-9-15(13-20)12-19-16(17-2)18-11-14-7-5-4-6-8-14;/h4-8,15H,3,9-13H2,1-2H3,(H2,17,18,19);1H. The quantitative estimate of drug-likeness (QED) is 0.451. The van der Waals surface area contributed by atoms with Gasteiger partial charge in [0.05, 0.1) is 0 Å². The van der Waals surface area contributed by atoms with Gasteiger partial charge in [0, 0.05) is 26.7 Å². The van der Waals surface area contributed by atoms with Crippen molar-refractivity contribution in [3.05, 3.63) is 35.9 Å². The molecule has 1 fully saturated rings. The van der Waals surface area contributed by atoms with Crippen LogP contribution >= 0.6 is 24.0 Å². The monoisotopic (exact) mass is 402 g/mol. The van der Waals surface area contributed by atoms with E-state index in [1.54, 1.807) is 0 Å². The normalized spacial score (nSPS) is 19.1. The molecular weight excluding hydrogens is 375 g/mol. The topological polar surface area (TPSA) is 39.7 Å². The van der Waals surface area contributed by atoms with Crippen LogP contribution in [-0.4, -0.2) is 44.1 Å². The minimum atomic E-state index is 0. The molecule has 2 rings (SSSR count). The molecule has 2 N–H and O–H groups in total. The number of likely N-dealkylation sites (tertiary alicyclic amines) is 1. The Bertz CT molecular complexity index is 422. The van der Waals surface area contributed by atoms with Crippen molar-refractivity contribution in [3.8, 4) is 0 Å². The highest BCUT2D eigenvalue weighted by atomic mass is 127. The fourth-order valence-electron chi connectivity index (χ4n) is 2.61. The van der Waals surface area contributed by atoms with Gasteiger partial charge in [0.25, 0.3) is 0 Å². The minimum Gasteiger partial charge on any atom is -0.356 e. The SMILES string of the molecule is CCN1CCC(CNC(=NC)NCc2ccccc2)C1.I. The number of hydrogen-bond acceptors (Lipinski definition) is 2. The van der Waals surface area contributed by atoms with Crippen LogP contribution in [0.25, 0.3) is 0 Å². The molecule has 1 aromatic rings. The lowest BCUT2D eigenvalue weighted by molar-refractivity contribution is 0.342. The number of nitrogens with one attached hydrogen (secondary N) is 2. The molecule has 0 radical (unpaired) electrons. The summed E-state index contributed by atoms with van der Waals surface area (Å²) in [6, 6.07) is 10.4. The Labute approximate surface area is 145 Å². The summed E-state index contributed by atoms with van der Waals surface area (Å²) in [6.07, 6.45) is 1.29. The molecule has 1 aliphatic rings. The molecule has 0 bridgehead atoms. The van der Waals surface area contributed by atoms with Crippen molar-refractivity contribution in [1.82, 2.24) is 15.5 Å². The van der Waals surface area contributed by atoms with Crippen molar-refractivity contribution in [2.24, 2.45) is 10.9 Å². The van der Waals surface area contributed by atoms with Gasteiger partial charge in [-0.15, -0.1) is 24.0 Å². The van der Waals surface area contributed by atoms with Gasteiger partial charge in [0.2, 0.25) is 0 Å². The molecule has 1 aromatic carbocycles. The molecule has 4 nitrogen and oxygen atoms in total. The van der Waals surface area contributed by atoms with Gasteiger partial charge in [0.1, 0.15) is 0 Å². The van der Waals surface area contributed by atoms with Crippen LogP contribution in [0.3, 0.4) is 0 Å². The lowest BCUT2D eigenvalue weighted by Gasteiger charge is -2.16. The summed E-state index contributed by atoms with van der Waals surface area (Å²) in [7, 11) is 1.83. The minimum absolute atomic E-state index is 0. The van der Waals surface area contributed by atoms with Crippen LogP contribution in [0.5, 0.6) is 0 Å². The third-order valence-electron chi connectivity index (χ3n) is 3.90. The second-order valence-corrected chi connectivity index (χ2v) is 5.34. The molecule has 0 spiro atoms. The van der Waals surface area contributed by atoms with Gasteiger partial charge in [0.15, 0.2) is 5.96 Å². The molecule has 5 heteroatoms. The lowest BCUT2D eigenvalue weighted by Crippen LogP contribution is -2.39. The zero-order chi connectivity index (χ0) is 14.2. The van der Waals surface area contributed by atoms with Gasteiger partial charge < -0.3 is 15.5 Å². The second kappa shape index (κ2) is 10.00. The second-order valence-electron chi connectivity index (χ2n) is 5.34. The van der Waals surface area contributed by atoms with Crippen LogP contribution in [0.2, 0.25) is 0 Å². The van der Waals surface area contributed by atoms with E-state index in [2.05, 4.69) is 51.7 Å². The highest BCUT2D eigenvalue weighted by Crippen LogP contribution is 2.14. The molecule has 1 atom stereocenters. The average Bonchev–Trinajstić information content (AvgIpc) is 2.96. The number of nitrogens with zero attached hydrogens (tertiary/aromatic N) is 2. The van der Waals surface area contributed by atoms with Crippen LogP contribution in [0.15, 0.2) is 35.3 Å². The molecule has 0 saturated carbocycles. The molecule has 1 saturated heterocycles. The molecule has 1 aliphatic heterocycles. The van der Waals surface area contributed by atoms with Gasteiger partial charge in [-0.3, -0.25) is 4.99 Å². The summed E-state index contributed by atoms with van der Waals surface area (Å²) >= 11 is 0. The van der Waals surface area contributed by atoms with E-state index in [0.29, 0.717) is 0 Å². The van der Waals surface area contributed by atoms with E-state index in [9.17, 15) is 0 Å². The maximum atomic E-state index is 4.28. The number of benzene rings is 1. The van der Waals surface area contributed by atoms with Crippen LogP contribution < -0.4 is 10.6 Å². The summed E-state index contributed by atoms with van der Waals surface area (Å²) in [5.41, 5.74) is 1.27. The van der Waals surface area contributed by atoms with E-state index in [0.717, 1.165) is 31.5 Å². The van der Waals surface area contributed by atoms with E-state index in [1.165, 1.54) is 25.1 Å². The van der Waals surface area contributed by atoms with Crippen molar-refractivity contribution in [2.75, 3.05) is 33.2 Å². The molecule has 21 heavy (non-hydrogen) atoms. The Morgan fingerprint density at radius 2 is 2.05 bits per heavy atom. The zero-order valence-corrected chi connectivity index (χ0v) is 15.3. The highest BCUT2D eigenvalue weighted by molar-refractivity contribution is 14.0. The van der Waals surface area contributed by atoms with Crippen molar-refractivity contribution in [3.63, 3.8) is 0 Å². The molecule has 0 aliphatic carbocycles. The number of guanidine groups is 1. The number of aliphatic imine (C=N–C) groups is 1. The first-order chi connectivity index (χ1) is 9.81. The summed E-state index contributed by atoms with van der Waals surface area (Å²) in [5.74, 6) is 1.63. The predicted molar refractivity (Wildman–Crippen MR) is 100 cm³/mol. The molecule has 118 valence electrons. The Morgan fingerprint density at radius 1 is 1.29 bits per heavy atom. The number of hydrogen-bond donors (Lipinski definition) is 2. The Morgan fingerprint density at radius 3 is 2.67 bits per heavy atom. The maximum Gasteiger partial charge on any atom is 0.191 e. The smallest absolute Gasteiger partial charge is 0.191 e. The number of rotatable bonds is 5. The molecule has 1 unspecified atom stereocenters. The van der Waals surface area contributed by atoms with Gasteiger partial charge in [-0.05, 0) is 31.0 Å². The molecule has 0 aromatic heterocycles. The van der Waals surface area contributed by atoms with Crippen molar-refractivity contribution >= 4 is 29.9 Å². The van der Waals surface area contributed by atoms with E-state index >= 15 is 0 Å². The van der Waals surface area contributed by atoms with Crippen molar-refractivity contribution in [2.45, 2.75) is 19.9 Å². The summed E-state index contributed by atoms with van der Waals surface area (Å²) in [5, 5.41) is 6.80. The van der Waals surface area contributed by atoms with Crippen molar-refractivity contribution in [1.29, 1.82) is 0 Å². The van der Waals surface area contributed by atoms with Gasteiger partial charge in [-0.1, -0.05) is 37.3 Å². The first-order valence-electron chi connectivity index (χ1n) is 7.52. The maximum absolute atomic E-state index is 4.28. The van der Waals surface area contributed by atoms with E-state index in [1.807, 2.05) is 13.1 Å². The van der Waals surface area contributed by atoms with Crippen LogP contribution in [0.1, 0.15) is 18.9 Å². The van der Waals surface area contributed by atoms with Crippen LogP contribution in [0.4, 0.5) is 0 Å². The lowest BCUT2D eigenvalue weighted by atomic mass is 10.1. The number of halogens is 1. The summed E-state index contributed by atoms with van der Waals surface area (Å²) in [6.45, 7) is 7.66. The fraction of sp³-hybridized carbons (Fsp3) is 0.562. The third-order valence-corrected chi connectivity index (χ3v) is 3.90. The highest BCUT2D eigenvalue weighted by Gasteiger charge is 2.20. The summed E-state index contributed by atoms with van der Waals surface area (Å²) in [4.78, 5) is 6.79. The third kappa shape index (κ3) is 6.22. The van der Waals surface area contributed by atoms with Crippen LogP contribution in [0, 0.1) is 5.92 Å². The van der Waals surface area contributed by atoms with Gasteiger partial charge >= 0.3 is 0 Å². The molecular formula is C16H27IN4. The first kappa shape index (κ1) is 18.2. The predicted octanol–water partition coefficient (Wildman–Crippen LogP) is 2.31. The van der Waals surface area contributed by atoms with Crippen molar-refractivity contribution < 1.29 is 0 Å². The Hall–Kier alpha value is -0.820. The molecule has 0 amide bonds. The van der Waals surface area contributed by atoms with E-state index in [-0.39, 0.29) is 24.0 Å². The molecule has 1 heterocycles. The van der Waals surface area contributed by atoms with Gasteiger partial charge in [-0.2, -0.15) is 0 Å². The Balaban J connectivity index is 0.00000220. The van der Waals surface area contributed by atoms with Gasteiger partial charge in [-0.25, -0.2) is 0 Å². The fourth-order valence-corrected chi connectivity index (χ4v) is 2.61. The summed E-state index contributed by atoms with van der Waals surface area (Å²) < 4.78 is 0. The van der Waals surface area contributed by atoms with E-state index in [4.69, 9.17) is 0 Å². The van der Waals surface area contributed by atoms with Crippen LogP contribution in [-0.2, 0) is 6.54 Å². The first-order valence-corrected chi connectivity index (χ1v) is 7.52. The average molecular weight is 402 g/mol. The Kier molecular flexibility index (Phi) is 8.68.